The molecule has 1 saturated carbocycles. The summed E-state index contributed by atoms with van der Waals surface area (Å²) < 4.78 is 11.5. The van der Waals surface area contributed by atoms with E-state index in [1.54, 1.807) is 30.3 Å². The van der Waals surface area contributed by atoms with Gasteiger partial charge in [0.25, 0.3) is 0 Å². The number of benzene rings is 2. The Bertz CT molecular complexity index is 930. The molecule has 3 atom stereocenters. The fourth-order valence-electron chi connectivity index (χ4n) is 3.33. The van der Waals surface area contributed by atoms with Gasteiger partial charge in [0.1, 0.15) is 22.1 Å². The lowest BCUT2D eigenvalue weighted by Gasteiger charge is -2.16. The SMILES string of the molecule is CC1(C)C(C=C(Cl)Cl)C1C(=O)OC(C#N)c1ccccc1Oc1ccccc1. The van der Waals surface area contributed by atoms with Crippen LogP contribution in [-0.2, 0) is 9.53 Å². The Morgan fingerprint density at radius 2 is 1.79 bits per heavy atom. The molecule has 0 bridgehead atoms. The average molecular weight is 416 g/mol. The topological polar surface area (TPSA) is 59.3 Å². The highest BCUT2D eigenvalue weighted by Crippen LogP contribution is 2.60. The molecule has 0 aromatic heterocycles. The molecular formula is C22H19Cl2NO3. The number of para-hydroxylation sites is 2. The lowest BCUT2D eigenvalue weighted by molar-refractivity contribution is -0.149. The molecule has 6 heteroatoms. The number of allylic oxidation sites excluding steroid dienone is 1. The summed E-state index contributed by atoms with van der Waals surface area (Å²) in [6.45, 7) is 3.87. The summed E-state index contributed by atoms with van der Waals surface area (Å²) in [6, 6.07) is 18.3. The van der Waals surface area contributed by atoms with Gasteiger partial charge in [0.15, 0.2) is 0 Å². The standard InChI is InChI=1S/C22H19Cl2NO3/c1-22(2)16(12-19(23)24)20(22)21(26)28-18(13-25)15-10-6-7-11-17(15)27-14-8-4-3-5-9-14/h3-12,16,18,20H,1-2H3. The van der Waals surface area contributed by atoms with Gasteiger partial charge in [0.2, 0.25) is 6.10 Å². The van der Waals surface area contributed by atoms with Crippen molar-refractivity contribution >= 4 is 29.2 Å². The van der Waals surface area contributed by atoms with Gasteiger partial charge in [-0.1, -0.05) is 73.4 Å². The van der Waals surface area contributed by atoms with Crippen molar-refractivity contribution in [1.82, 2.24) is 0 Å². The van der Waals surface area contributed by atoms with Crippen LogP contribution in [0.1, 0.15) is 25.5 Å². The van der Waals surface area contributed by atoms with Gasteiger partial charge in [-0.2, -0.15) is 5.26 Å². The molecule has 0 amide bonds. The minimum absolute atomic E-state index is 0.117. The van der Waals surface area contributed by atoms with Crippen LogP contribution in [0.3, 0.4) is 0 Å². The molecule has 0 N–H and O–H groups in total. The molecule has 0 radical (unpaired) electrons. The van der Waals surface area contributed by atoms with Crippen LogP contribution in [-0.4, -0.2) is 5.97 Å². The lowest BCUT2D eigenvalue weighted by atomic mass is 10.1. The number of nitrogens with zero attached hydrogens (tertiary/aromatic N) is 1. The summed E-state index contributed by atoms with van der Waals surface area (Å²) in [5.74, 6) is 0.103. The second-order valence-corrected chi connectivity index (χ2v) is 8.19. The fourth-order valence-corrected chi connectivity index (χ4v) is 3.60. The third kappa shape index (κ3) is 4.32. The molecule has 28 heavy (non-hydrogen) atoms. The van der Waals surface area contributed by atoms with E-state index in [0.29, 0.717) is 17.1 Å². The zero-order valence-corrected chi connectivity index (χ0v) is 16.9. The maximum absolute atomic E-state index is 12.7. The Kier molecular flexibility index (Phi) is 5.98. The van der Waals surface area contributed by atoms with Gasteiger partial charge in [-0.3, -0.25) is 4.79 Å². The van der Waals surface area contributed by atoms with Crippen LogP contribution in [0.4, 0.5) is 0 Å². The van der Waals surface area contributed by atoms with Crippen molar-refractivity contribution in [2.75, 3.05) is 0 Å². The number of rotatable bonds is 6. The van der Waals surface area contributed by atoms with E-state index in [2.05, 4.69) is 6.07 Å². The molecule has 3 unspecified atom stereocenters. The maximum Gasteiger partial charge on any atom is 0.311 e. The smallest absolute Gasteiger partial charge is 0.311 e. The van der Waals surface area contributed by atoms with Gasteiger partial charge in [-0.05, 0) is 35.6 Å². The number of ether oxygens (including phenoxy) is 2. The summed E-state index contributed by atoms with van der Waals surface area (Å²) in [5, 5.41) is 9.63. The molecule has 4 nitrogen and oxygen atoms in total. The first-order chi connectivity index (χ1) is 13.3. The van der Waals surface area contributed by atoms with Crippen LogP contribution >= 0.6 is 23.2 Å². The first kappa shape index (κ1) is 20.3. The predicted octanol–water partition coefficient (Wildman–Crippen LogP) is 6.18. The monoisotopic (exact) mass is 415 g/mol. The summed E-state index contributed by atoms with van der Waals surface area (Å²) in [6.07, 6.45) is 0.558. The third-order valence-electron chi connectivity index (χ3n) is 4.99. The van der Waals surface area contributed by atoms with Gasteiger partial charge >= 0.3 is 5.97 Å². The summed E-state index contributed by atoms with van der Waals surface area (Å²) in [4.78, 5) is 12.7. The highest BCUT2D eigenvalue weighted by atomic mass is 35.5. The highest BCUT2D eigenvalue weighted by molar-refractivity contribution is 6.55. The van der Waals surface area contributed by atoms with Crippen molar-refractivity contribution in [1.29, 1.82) is 5.26 Å². The van der Waals surface area contributed by atoms with Gasteiger partial charge in [-0.15, -0.1) is 0 Å². The Hall–Kier alpha value is -2.48. The molecule has 0 aliphatic heterocycles. The van der Waals surface area contributed by atoms with Crippen LogP contribution < -0.4 is 4.74 Å². The molecule has 144 valence electrons. The quantitative estimate of drug-likeness (QED) is 0.528. The predicted molar refractivity (Wildman–Crippen MR) is 108 cm³/mol. The van der Waals surface area contributed by atoms with Gasteiger partial charge in [0.05, 0.1) is 5.92 Å². The number of hydrogen-bond acceptors (Lipinski definition) is 4. The number of carbonyl (C=O) groups excluding carboxylic acids is 1. The molecule has 2 aromatic rings. The summed E-state index contributed by atoms with van der Waals surface area (Å²) in [5.41, 5.74) is 0.162. The molecular weight excluding hydrogens is 397 g/mol. The van der Waals surface area contributed by atoms with Crippen LogP contribution in [0.15, 0.2) is 65.2 Å². The molecule has 3 rings (SSSR count). The lowest BCUT2D eigenvalue weighted by Crippen LogP contribution is -2.15. The first-order valence-electron chi connectivity index (χ1n) is 8.79. The van der Waals surface area contributed by atoms with E-state index in [1.807, 2.05) is 44.2 Å². The van der Waals surface area contributed by atoms with E-state index in [0.717, 1.165) is 0 Å². The third-order valence-corrected chi connectivity index (χ3v) is 5.25. The molecule has 0 spiro atoms. The number of halogens is 2. The number of esters is 1. The largest absolute Gasteiger partial charge is 0.457 e. The molecule has 2 aromatic carbocycles. The Morgan fingerprint density at radius 1 is 1.14 bits per heavy atom. The average Bonchev–Trinajstić information content (AvgIpc) is 3.20. The Morgan fingerprint density at radius 3 is 2.43 bits per heavy atom. The van der Waals surface area contributed by atoms with Gasteiger partial charge < -0.3 is 9.47 Å². The van der Waals surface area contributed by atoms with Crippen molar-refractivity contribution in [2.24, 2.45) is 17.3 Å². The summed E-state index contributed by atoms with van der Waals surface area (Å²) >= 11 is 11.5. The zero-order valence-electron chi connectivity index (χ0n) is 15.4. The van der Waals surface area contributed by atoms with E-state index >= 15 is 0 Å². The van der Waals surface area contributed by atoms with Crippen molar-refractivity contribution < 1.29 is 14.3 Å². The van der Waals surface area contributed by atoms with Crippen molar-refractivity contribution in [3.63, 3.8) is 0 Å². The zero-order chi connectivity index (χ0) is 20.3. The van der Waals surface area contributed by atoms with E-state index in [9.17, 15) is 10.1 Å². The van der Waals surface area contributed by atoms with Crippen LogP contribution in [0.2, 0.25) is 0 Å². The second kappa shape index (κ2) is 8.26. The normalized spacial score (nSPS) is 20.4. The minimum Gasteiger partial charge on any atom is -0.457 e. The Balaban J connectivity index is 1.79. The van der Waals surface area contributed by atoms with Crippen molar-refractivity contribution in [2.45, 2.75) is 20.0 Å². The van der Waals surface area contributed by atoms with E-state index in [4.69, 9.17) is 32.7 Å². The van der Waals surface area contributed by atoms with E-state index < -0.39 is 18.0 Å². The fraction of sp³-hybridized carbons (Fsp3) is 0.273. The van der Waals surface area contributed by atoms with Crippen LogP contribution in [0, 0.1) is 28.6 Å². The first-order valence-corrected chi connectivity index (χ1v) is 9.55. The molecule has 1 aliphatic rings. The number of carbonyl (C=O) groups is 1. The van der Waals surface area contributed by atoms with E-state index in [-0.39, 0.29) is 15.8 Å². The second-order valence-electron chi connectivity index (χ2n) is 7.18. The molecule has 1 fully saturated rings. The van der Waals surface area contributed by atoms with Gasteiger partial charge in [-0.25, -0.2) is 0 Å². The number of nitriles is 1. The minimum atomic E-state index is -1.08. The summed E-state index contributed by atoms with van der Waals surface area (Å²) in [7, 11) is 0. The van der Waals surface area contributed by atoms with Gasteiger partial charge in [0, 0.05) is 5.56 Å². The molecule has 1 aliphatic carbocycles. The number of hydrogen-bond donors (Lipinski definition) is 0. The van der Waals surface area contributed by atoms with Crippen LogP contribution in [0.5, 0.6) is 11.5 Å². The maximum atomic E-state index is 12.7. The van der Waals surface area contributed by atoms with Crippen molar-refractivity contribution in [3.05, 3.63) is 70.7 Å². The molecule has 0 heterocycles. The van der Waals surface area contributed by atoms with E-state index in [1.165, 1.54) is 0 Å². The highest BCUT2D eigenvalue weighted by Gasteiger charge is 2.62. The molecule has 0 saturated heterocycles. The van der Waals surface area contributed by atoms with Crippen LogP contribution in [0.25, 0.3) is 0 Å². The van der Waals surface area contributed by atoms with Crippen molar-refractivity contribution in [3.8, 4) is 17.6 Å². The Labute approximate surface area is 174 Å².